The molecular formula is C11H23NO2. The molecule has 2 N–H and O–H groups in total. The van der Waals surface area contributed by atoms with Crippen LogP contribution in [0.2, 0.25) is 0 Å². The third kappa shape index (κ3) is 2.10. The first kappa shape index (κ1) is 12.0. The van der Waals surface area contributed by atoms with E-state index in [4.69, 9.17) is 5.11 Å². The van der Waals surface area contributed by atoms with Crippen molar-refractivity contribution in [2.45, 2.75) is 64.3 Å². The molecule has 1 rings (SSSR count). The molecule has 0 aliphatic carbocycles. The van der Waals surface area contributed by atoms with Crippen LogP contribution in [-0.2, 0) is 0 Å². The quantitative estimate of drug-likeness (QED) is 0.708. The number of rotatable bonds is 2. The number of hydrogen-bond acceptors (Lipinski definition) is 3. The van der Waals surface area contributed by atoms with Gasteiger partial charge in [-0.05, 0) is 47.0 Å². The highest BCUT2D eigenvalue weighted by molar-refractivity contribution is 4.97. The number of likely N-dealkylation sites (tertiary alicyclic amines) is 1. The van der Waals surface area contributed by atoms with Gasteiger partial charge in [-0.1, -0.05) is 0 Å². The van der Waals surface area contributed by atoms with Crippen LogP contribution in [0.5, 0.6) is 0 Å². The predicted molar refractivity (Wildman–Crippen MR) is 56.9 cm³/mol. The summed E-state index contributed by atoms with van der Waals surface area (Å²) in [7, 11) is 0. The zero-order valence-electron chi connectivity index (χ0n) is 9.75. The first-order chi connectivity index (χ1) is 6.31. The fourth-order valence-electron chi connectivity index (χ4n) is 2.90. The summed E-state index contributed by atoms with van der Waals surface area (Å²) in [5, 5.41) is 18.9. The zero-order chi connectivity index (χ0) is 11.0. The Labute approximate surface area is 86.7 Å². The average Bonchev–Trinajstić information content (AvgIpc) is 2.00. The number of aliphatic hydroxyl groups excluding tert-OH is 2. The van der Waals surface area contributed by atoms with Gasteiger partial charge < -0.3 is 10.2 Å². The van der Waals surface area contributed by atoms with Gasteiger partial charge >= 0.3 is 0 Å². The molecule has 84 valence electrons. The smallest absolute Gasteiger partial charge is 0.131 e. The largest absolute Gasteiger partial charge is 0.392 e. The van der Waals surface area contributed by atoms with Gasteiger partial charge in [0, 0.05) is 11.1 Å². The Hall–Kier alpha value is -0.120. The van der Waals surface area contributed by atoms with Crippen LogP contribution in [-0.4, -0.2) is 39.0 Å². The van der Waals surface area contributed by atoms with E-state index < -0.39 is 6.23 Å². The maximum Gasteiger partial charge on any atom is 0.131 e. The van der Waals surface area contributed by atoms with Gasteiger partial charge in [0.25, 0.3) is 0 Å². The second-order valence-electron chi connectivity index (χ2n) is 5.51. The molecule has 1 aliphatic heterocycles. The molecule has 3 nitrogen and oxygen atoms in total. The first-order valence-electron chi connectivity index (χ1n) is 5.40. The highest BCUT2D eigenvalue weighted by Gasteiger charge is 2.44. The van der Waals surface area contributed by atoms with Crippen molar-refractivity contribution in [3.63, 3.8) is 0 Å². The molecule has 0 saturated carbocycles. The van der Waals surface area contributed by atoms with Gasteiger partial charge in [-0.25, -0.2) is 0 Å². The Kier molecular flexibility index (Phi) is 3.24. The van der Waals surface area contributed by atoms with Gasteiger partial charge in [0.05, 0.1) is 6.61 Å². The van der Waals surface area contributed by atoms with Crippen LogP contribution in [0.3, 0.4) is 0 Å². The van der Waals surface area contributed by atoms with Gasteiger partial charge in [-0.3, -0.25) is 4.90 Å². The highest BCUT2D eigenvalue weighted by Crippen LogP contribution is 2.39. The lowest BCUT2D eigenvalue weighted by molar-refractivity contribution is -0.153. The Morgan fingerprint density at radius 1 is 1.14 bits per heavy atom. The van der Waals surface area contributed by atoms with Crippen LogP contribution in [0.1, 0.15) is 47.0 Å². The van der Waals surface area contributed by atoms with E-state index in [1.165, 1.54) is 6.42 Å². The van der Waals surface area contributed by atoms with E-state index in [1.54, 1.807) is 0 Å². The topological polar surface area (TPSA) is 43.7 Å². The summed E-state index contributed by atoms with van der Waals surface area (Å²) in [6, 6.07) is 0. The van der Waals surface area contributed by atoms with Crippen molar-refractivity contribution in [2.24, 2.45) is 0 Å². The van der Waals surface area contributed by atoms with E-state index in [1.807, 2.05) is 4.90 Å². The summed E-state index contributed by atoms with van der Waals surface area (Å²) in [6.07, 6.45) is 2.61. The molecule has 0 amide bonds. The van der Waals surface area contributed by atoms with Crippen LogP contribution < -0.4 is 0 Å². The Morgan fingerprint density at radius 2 is 1.57 bits per heavy atom. The van der Waals surface area contributed by atoms with Crippen LogP contribution in [0.15, 0.2) is 0 Å². The summed E-state index contributed by atoms with van der Waals surface area (Å²) in [4.78, 5) is 2.05. The van der Waals surface area contributed by atoms with E-state index in [-0.39, 0.29) is 17.7 Å². The minimum atomic E-state index is -0.736. The number of aliphatic hydroxyl groups is 2. The molecule has 0 aromatic heterocycles. The Morgan fingerprint density at radius 3 is 1.93 bits per heavy atom. The molecule has 0 aromatic carbocycles. The average molecular weight is 201 g/mol. The third-order valence-electron chi connectivity index (χ3n) is 3.34. The minimum absolute atomic E-state index is 0.0239. The summed E-state index contributed by atoms with van der Waals surface area (Å²) >= 11 is 0. The van der Waals surface area contributed by atoms with Gasteiger partial charge in [-0.15, -0.1) is 0 Å². The number of nitrogens with zero attached hydrogens (tertiary/aromatic N) is 1. The van der Waals surface area contributed by atoms with Crippen molar-refractivity contribution in [3.05, 3.63) is 0 Å². The fraction of sp³-hybridized carbons (Fsp3) is 1.00. The van der Waals surface area contributed by atoms with Crippen molar-refractivity contribution in [1.82, 2.24) is 4.90 Å². The van der Waals surface area contributed by atoms with E-state index in [2.05, 4.69) is 27.7 Å². The second-order valence-corrected chi connectivity index (χ2v) is 5.51. The van der Waals surface area contributed by atoms with Crippen LogP contribution in [0, 0.1) is 0 Å². The van der Waals surface area contributed by atoms with E-state index >= 15 is 0 Å². The molecule has 0 aromatic rings. The SMILES string of the molecule is CC1(C)CCCC(C)(C)N1C(O)CO. The monoisotopic (exact) mass is 201 g/mol. The second kappa shape index (κ2) is 3.80. The lowest BCUT2D eigenvalue weighted by Gasteiger charge is -2.54. The molecule has 14 heavy (non-hydrogen) atoms. The standard InChI is InChI=1S/C11H23NO2/c1-10(2)6-5-7-11(3,4)12(10)9(14)8-13/h9,13-14H,5-8H2,1-4H3. The molecule has 1 saturated heterocycles. The Balaban J connectivity index is 2.91. The molecule has 3 heteroatoms. The predicted octanol–water partition coefficient (Wildman–Crippen LogP) is 1.34. The van der Waals surface area contributed by atoms with Gasteiger partial charge in [0.1, 0.15) is 6.23 Å². The van der Waals surface area contributed by atoms with Crippen LogP contribution in [0.25, 0.3) is 0 Å². The first-order valence-corrected chi connectivity index (χ1v) is 5.40. The lowest BCUT2D eigenvalue weighted by Crippen LogP contribution is -2.63. The minimum Gasteiger partial charge on any atom is -0.392 e. The third-order valence-corrected chi connectivity index (χ3v) is 3.34. The highest BCUT2D eigenvalue weighted by atomic mass is 16.3. The maximum absolute atomic E-state index is 9.83. The van der Waals surface area contributed by atoms with E-state index in [0.717, 1.165) is 12.8 Å². The molecule has 1 atom stereocenters. The summed E-state index contributed by atoms with van der Waals surface area (Å²) in [6.45, 7) is 8.34. The molecule has 1 aliphatic rings. The van der Waals surface area contributed by atoms with Crippen molar-refractivity contribution in [3.8, 4) is 0 Å². The fourth-order valence-corrected chi connectivity index (χ4v) is 2.90. The lowest BCUT2D eigenvalue weighted by atomic mass is 9.79. The zero-order valence-corrected chi connectivity index (χ0v) is 9.75. The number of piperidine rings is 1. The molecular weight excluding hydrogens is 178 g/mol. The molecule has 1 unspecified atom stereocenters. The van der Waals surface area contributed by atoms with Crippen molar-refractivity contribution < 1.29 is 10.2 Å². The van der Waals surface area contributed by atoms with Crippen LogP contribution in [0.4, 0.5) is 0 Å². The molecule has 0 bridgehead atoms. The maximum atomic E-state index is 9.83. The van der Waals surface area contributed by atoms with Gasteiger partial charge in [0.2, 0.25) is 0 Å². The van der Waals surface area contributed by atoms with Crippen molar-refractivity contribution in [1.29, 1.82) is 0 Å². The summed E-state index contributed by atoms with van der Waals surface area (Å²) in [5.74, 6) is 0. The Bertz CT molecular complexity index is 185. The van der Waals surface area contributed by atoms with Gasteiger partial charge in [-0.2, -0.15) is 0 Å². The number of hydrogen-bond donors (Lipinski definition) is 2. The summed E-state index contributed by atoms with van der Waals surface area (Å²) < 4.78 is 0. The molecule has 1 heterocycles. The van der Waals surface area contributed by atoms with Crippen molar-refractivity contribution in [2.75, 3.05) is 6.61 Å². The van der Waals surface area contributed by atoms with Crippen molar-refractivity contribution >= 4 is 0 Å². The van der Waals surface area contributed by atoms with E-state index in [0.29, 0.717) is 0 Å². The molecule has 1 fully saturated rings. The molecule has 0 spiro atoms. The summed E-state index contributed by atoms with van der Waals surface area (Å²) in [5.41, 5.74) is -0.0478. The van der Waals surface area contributed by atoms with Crippen LogP contribution >= 0.6 is 0 Å². The van der Waals surface area contributed by atoms with E-state index in [9.17, 15) is 5.11 Å². The molecule has 0 radical (unpaired) electrons. The normalized spacial score (nSPS) is 28.7. The van der Waals surface area contributed by atoms with Gasteiger partial charge in [0.15, 0.2) is 0 Å².